The van der Waals surface area contributed by atoms with Crippen molar-refractivity contribution in [2.75, 3.05) is 24.5 Å². The predicted octanol–water partition coefficient (Wildman–Crippen LogP) is 4.09. The van der Waals surface area contributed by atoms with Crippen LogP contribution in [0.25, 0.3) is 10.8 Å². The number of carbonyl (C=O) groups is 2. The van der Waals surface area contributed by atoms with Crippen molar-refractivity contribution in [2.45, 2.75) is 31.7 Å². The normalized spacial score (nSPS) is 17.3. The van der Waals surface area contributed by atoms with Gasteiger partial charge in [-0.2, -0.15) is 0 Å². The number of pyridine rings is 1. The van der Waals surface area contributed by atoms with E-state index in [2.05, 4.69) is 54.8 Å². The highest BCUT2D eigenvalue weighted by Crippen LogP contribution is 2.32. The van der Waals surface area contributed by atoms with Gasteiger partial charge in [0.2, 0.25) is 0 Å². The fourth-order valence-corrected chi connectivity index (χ4v) is 5.55. The lowest BCUT2D eigenvalue weighted by atomic mass is 9.96. The van der Waals surface area contributed by atoms with Gasteiger partial charge in [-0.1, -0.05) is 12.1 Å². The van der Waals surface area contributed by atoms with Crippen molar-refractivity contribution in [3.05, 3.63) is 95.8 Å². The topological polar surface area (TPSA) is 100 Å². The summed E-state index contributed by atoms with van der Waals surface area (Å²) in [5.41, 5.74) is 4.50. The van der Waals surface area contributed by atoms with Crippen LogP contribution < -0.4 is 15.5 Å². The first kappa shape index (κ1) is 24.0. The van der Waals surface area contributed by atoms with Crippen LogP contribution in [0.2, 0.25) is 0 Å². The molecule has 2 aromatic carbocycles. The fraction of sp³-hybridized carbons (Fsp3) is 0.300. The highest BCUT2D eigenvalue weighted by molar-refractivity contribution is 5.95. The van der Waals surface area contributed by atoms with Crippen molar-refractivity contribution in [1.82, 2.24) is 25.6 Å². The molecule has 2 amide bonds. The molecule has 0 spiro atoms. The van der Waals surface area contributed by atoms with E-state index < -0.39 is 0 Å². The summed E-state index contributed by atoms with van der Waals surface area (Å²) >= 11 is 0. The first-order chi connectivity index (χ1) is 18.6. The molecule has 6 rings (SSSR count). The smallest absolute Gasteiger partial charge is 0.254 e. The van der Waals surface area contributed by atoms with Crippen LogP contribution in [0.5, 0.6) is 0 Å². The maximum Gasteiger partial charge on any atom is 0.254 e. The Morgan fingerprint density at radius 3 is 2.53 bits per heavy atom. The highest BCUT2D eigenvalue weighted by atomic mass is 16.2. The van der Waals surface area contributed by atoms with E-state index in [0.29, 0.717) is 23.6 Å². The van der Waals surface area contributed by atoms with Gasteiger partial charge in [0.1, 0.15) is 6.33 Å². The second-order valence-corrected chi connectivity index (χ2v) is 10.2. The van der Waals surface area contributed by atoms with Crippen LogP contribution in [-0.2, 0) is 6.42 Å². The van der Waals surface area contributed by atoms with Gasteiger partial charge in [0.05, 0.1) is 11.6 Å². The summed E-state index contributed by atoms with van der Waals surface area (Å²) in [5.74, 6) is 0.187. The van der Waals surface area contributed by atoms with Crippen LogP contribution >= 0.6 is 0 Å². The number of fused-ring (bicyclic) bond motifs is 2. The van der Waals surface area contributed by atoms with Gasteiger partial charge in [0, 0.05) is 61.1 Å². The number of piperidine rings is 1. The van der Waals surface area contributed by atoms with Crippen LogP contribution in [-0.4, -0.2) is 46.4 Å². The summed E-state index contributed by atoms with van der Waals surface area (Å²) in [4.78, 5) is 40.1. The average Bonchev–Trinajstić information content (AvgIpc) is 3.38. The van der Waals surface area contributed by atoms with Crippen molar-refractivity contribution in [1.29, 1.82) is 0 Å². The third-order valence-corrected chi connectivity index (χ3v) is 7.77. The lowest BCUT2D eigenvalue weighted by Gasteiger charge is -2.34. The van der Waals surface area contributed by atoms with Gasteiger partial charge in [-0.15, -0.1) is 0 Å². The van der Waals surface area contributed by atoms with E-state index in [-0.39, 0.29) is 17.9 Å². The molecule has 2 N–H and O–H groups in total. The monoisotopic (exact) mass is 506 g/mol. The largest absolute Gasteiger partial charge is 0.371 e. The molecule has 0 saturated carbocycles. The number of aromatic nitrogens is 3. The Hall–Kier alpha value is -4.33. The van der Waals surface area contributed by atoms with Gasteiger partial charge in [0.15, 0.2) is 0 Å². The molecule has 1 unspecified atom stereocenters. The van der Waals surface area contributed by atoms with Gasteiger partial charge in [-0.05, 0) is 78.4 Å². The van der Waals surface area contributed by atoms with E-state index in [1.165, 1.54) is 35.4 Å². The van der Waals surface area contributed by atoms with E-state index >= 15 is 0 Å². The molecule has 2 aromatic heterocycles. The maximum absolute atomic E-state index is 13.0. The van der Waals surface area contributed by atoms with Crippen molar-refractivity contribution in [3.63, 3.8) is 0 Å². The van der Waals surface area contributed by atoms with Crippen molar-refractivity contribution in [3.8, 4) is 0 Å². The minimum Gasteiger partial charge on any atom is -0.371 e. The Morgan fingerprint density at radius 1 is 0.842 bits per heavy atom. The number of anilines is 1. The standard InChI is InChI=1S/C30H30N6O2/c37-29(23-2-1-21-4-6-28(27(21)14-23)35-30(38)25-17-32-19-33-18-25)34-15-20-8-11-36(12-9-20)26-5-3-24-16-31-10-7-22(24)13-26/h1-3,5,7,10,13-14,16-20,28H,4,6,8-9,11-12,15H2,(H,34,37)(H,35,38). The summed E-state index contributed by atoms with van der Waals surface area (Å²) in [5, 5.41) is 8.58. The van der Waals surface area contributed by atoms with E-state index in [1.807, 2.05) is 30.6 Å². The average molecular weight is 507 g/mol. The number of hydrogen-bond donors (Lipinski definition) is 2. The zero-order valence-corrected chi connectivity index (χ0v) is 21.1. The Kier molecular flexibility index (Phi) is 6.69. The fourth-order valence-electron chi connectivity index (χ4n) is 5.55. The lowest BCUT2D eigenvalue weighted by molar-refractivity contribution is 0.0933. The summed E-state index contributed by atoms with van der Waals surface area (Å²) in [6.45, 7) is 2.62. The number of benzene rings is 2. The SMILES string of the molecule is O=C(NCC1CCN(c2ccc3cnccc3c2)CC1)c1ccc2c(c1)C(NC(=O)c1cncnc1)CC2. The number of aryl methyl sites for hydroxylation is 1. The second-order valence-electron chi connectivity index (χ2n) is 10.2. The molecule has 0 radical (unpaired) electrons. The number of hydrogen-bond acceptors (Lipinski definition) is 6. The van der Waals surface area contributed by atoms with Crippen LogP contribution in [0.1, 0.15) is 57.1 Å². The Labute approximate surface area is 221 Å². The van der Waals surface area contributed by atoms with Gasteiger partial charge < -0.3 is 15.5 Å². The molecule has 4 aromatic rings. The molecule has 1 aliphatic carbocycles. The first-order valence-corrected chi connectivity index (χ1v) is 13.2. The number of nitrogens with zero attached hydrogens (tertiary/aromatic N) is 4. The predicted molar refractivity (Wildman–Crippen MR) is 146 cm³/mol. The molecule has 1 atom stereocenters. The summed E-state index contributed by atoms with van der Waals surface area (Å²) in [6, 6.07) is 14.3. The molecule has 3 heterocycles. The van der Waals surface area contributed by atoms with Crippen LogP contribution in [0.3, 0.4) is 0 Å². The quantitative estimate of drug-likeness (QED) is 0.409. The number of carbonyl (C=O) groups excluding carboxylic acids is 2. The van der Waals surface area contributed by atoms with E-state index in [9.17, 15) is 9.59 Å². The Morgan fingerprint density at radius 2 is 1.68 bits per heavy atom. The van der Waals surface area contributed by atoms with Crippen molar-refractivity contribution < 1.29 is 9.59 Å². The van der Waals surface area contributed by atoms with E-state index in [0.717, 1.165) is 49.7 Å². The maximum atomic E-state index is 13.0. The zero-order valence-electron chi connectivity index (χ0n) is 21.1. The van der Waals surface area contributed by atoms with E-state index in [1.54, 1.807) is 0 Å². The van der Waals surface area contributed by atoms with Crippen molar-refractivity contribution in [2.24, 2.45) is 5.92 Å². The van der Waals surface area contributed by atoms with Gasteiger partial charge in [0.25, 0.3) is 11.8 Å². The lowest BCUT2D eigenvalue weighted by Crippen LogP contribution is -2.38. The molecular weight excluding hydrogens is 476 g/mol. The molecule has 0 bridgehead atoms. The molecule has 2 aliphatic rings. The molecular formula is C30H30N6O2. The van der Waals surface area contributed by atoms with Gasteiger partial charge in [-0.25, -0.2) is 9.97 Å². The third kappa shape index (κ3) is 5.07. The van der Waals surface area contributed by atoms with Gasteiger partial charge >= 0.3 is 0 Å². The van der Waals surface area contributed by atoms with Crippen molar-refractivity contribution >= 4 is 28.3 Å². The molecule has 1 fully saturated rings. The number of amides is 2. The second kappa shape index (κ2) is 10.6. The van der Waals surface area contributed by atoms with Crippen LogP contribution in [0, 0.1) is 5.92 Å². The van der Waals surface area contributed by atoms with E-state index in [4.69, 9.17) is 0 Å². The summed E-state index contributed by atoms with van der Waals surface area (Å²) < 4.78 is 0. The zero-order chi connectivity index (χ0) is 25.9. The Bertz CT molecular complexity index is 1470. The molecule has 38 heavy (non-hydrogen) atoms. The minimum atomic E-state index is -0.203. The molecule has 1 aliphatic heterocycles. The minimum absolute atomic E-state index is 0.0631. The summed E-state index contributed by atoms with van der Waals surface area (Å²) in [7, 11) is 0. The number of nitrogens with one attached hydrogen (secondary N) is 2. The molecule has 8 heteroatoms. The van der Waals surface area contributed by atoms with Crippen LogP contribution in [0.15, 0.2) is 73.6 Å². The molecule has 192 valence electrons. The highest BCUT2D eigenvalue weighted by Gasteiger charge is 2.26. The molecule has 1 saturated heterocycles. The van der Waals surface area contributed by atoms with Crippen LogP contribution in [0.4, 0.5) is 5.69 Å². The molecule has 8 nitrogen and oxygen atoms in total. The third-order valence-electron chi connectivity index (χ3n) is 7.77. The van der Waals surface area contributed by atoms with Gasteiger partial charge in [-0.3, -0.25) is 14.6 Å². The number of rotatable bonds is 6. The summed E-state index contributed by atoms with van der Waals surface area (Å²) in [6.07, 6.45) is 11.9. The first-order valence-electron chi connectivity index (χ1n) is 13.2. The Balaban J connectivity index is 1.03.